The van der Waals surface area contributed by atoms with Gasteiger partial charge in [0.2, 0.25) is 0 Å². The second-order valence-electron chi connectivity index (χ2n) is 5.49. The van der Waals surface area contributed by atoms with Gasteiger partial charge in [-0.15, -0.1) is 0 Å². The third-order valence-corrected chi connectivity index (χ3v) is 5.26. The van der Waals surface area contributed by atoms with E-state index in [1.54, 1.807) is 30.3 Å². The van der Waals surface area contributed by atoms with Crippen molar-refractivity contribution in [3.63, 3.8) is 0 Å². The molecule has 0 unspecified atom stereocenters. The lowest BCUT2D eigenvalue weighted by Crippen LogP contribution is -2.39. The van der Waals surface area contributed by atoms with E-state index in [4.69, 9.17) is 0 Å². The molecule has 2 N–H and O–H groups in total. The Morgan fingerprint density at radius 3 is 2.50 bits per heavy atom. The fourth-order valence-electron chi connectivity index (χ4n) is 2.22. The molecule has 0 atom stereocenters. The molecule has 2 rings (SSSR count). The van der Waals surface area contributed by atoms with E-state index < -0.39 is 21.5 Å². The smallest absolute Gasteiger partial charge is 0.191 e. The molecule has 0 fully saturated rings. The van der Waals surface area contributed by atoms with Gasteiger partial charge in [0, 0.05) is 18.7 Å². The van der Waals surface area contributed by atoms with Crippen molar-refractivity contribution in [3.8, 4) is 0 Å². The summed E-state index contributed by atoms with van der Waals surface area (Å²) in [7, 11) is -3.41. The van der Waals surface area contributed by atoms with Crippen LogP contribution >= 0.6 is 0 Å². The molecule has 0 amide bonds. The van der Waals surface area contributed by atoms with Gasteiger partial charge in [-0.25, -0.2) is 22.2 Å². The number of sulfone groups is 1. The standard InChI is InChI=1S/C18H21F2N3O2S/c1-2-21-18(23-13-14-12-15(19)8-9-17(14)20)22-10-11-26(24,25)16-6-4-3-5-7-16/h3-9,12H,2,10-11,13H2,1H3,(H2,21,22,23). The molecule has 26 heavy (non-hydrogen) atoms. The Balaban J connectivity index is 1.98. The van der Waals surface area contributed by atoms with Gasteiger partial charge < -0.3 is 10.6 Å². The zero-order chi connectivity index (χ0) is 19.0. The molecule has 0 spiro atoms. The van der Waals surface area contributed by atoms with Crippen LogP contribution in [0.4, 0.5) is 8.78 Å². The quantitative estimate of drug-likeness (QED) is 0.571. The average Bonchev–Trinajstić information content (AvgIpc) is 2.63. The number of guanidine groups is 1. The fourth-order valence-corrected chi connectivity index (χ4v) is 3.40. The molecule has 8 heteroatoms. The maximum atomic E-state index is 13.6. The number of nitrogens with zero attached hydrogens (tertiary/aromatic N) is 1. The molecule has 140 valence electrons. The van der Waals surface area contributed by atoms with Crippen molar-refractivity contribution in [2.75, 3.05) is 18.8 Å². The molecule has 2 aromatic rings. The third kappa shape index (κ3) is 5.80. The van der Waals surface area contributed by atoms with Gasteiger partial charge in [0.15, 0.2) is 15.8 Å². The summed E-state index contributed by atoms with van der Waals surface area (Å²) in [6.07, 6.45) is 0. The first kappa shape index (κ1) is 19.8. The summed E-state index contributed by atoms with van der Waals surface area (Å²) in [6, 6.07) is 11.3. The zero-order valence-corrected chi connectivity index (χ0v) is 15.2. The molecule has 0 radical (unpaired) electrons. The number of nitrogens with one attached hydrogen (secondary N) is 2. The summed E-state index contributed by atoms with van der Waals surface area (Å²) in [5, 5.41) is 5.84. The van der Waals surface area contributed by atoms with Crippen LogP contribution in [0, 0.1) is 11.6 Å². The van der Waals surface area contributed by atoms with Crippen molar-refractivity contribution in [2.45, 2.75) is 18.4 Å². The van der Waals surface area contributed by atoms with Crippen LogP contribution in [-0.2, 0) is 16.4 Å². The second kappa shape index (κ2) is 9.28. The highest BCUT2D eigenvalue weighted by atomic mass is 32.2. The molecule has 0 aliphatic heterocycles. The first-order valence-corrected chi connectivity index (χ1v) is 9.81. The highest BCUT2D eigenvalue weighted by molar-refractivity contribution is 7.91. The van der Waals surface area contributed by atoms with Gasteiger partial charge in [-0.2, -0.15) is 0 Å². The molecule has 0 saturated carbocycles. The van der Waals surface area contributed by atoms with Crippen molar-refractivity contribution in [3.05, 3.63) is 65.7 Å². The van der Waals surface area contributed by atoms with Crippen LogP contribution in [0.1, 0.15) is 12.5 Å². The minimum Gasteiger partial charge on any atom is -0.357 e. The molecule has 5 nitrogen and oxygen atoms in total. The molecule has 0 heterocycles. The van der Waals surface area contributed by atoms with E-state index in [1.165, 1.54) is 0 Å². The Hall–Kier alpha value is -2.48. The highest BCUT2D eigenvalue weighted by Crippen LogP contribution is 2.11. The fraction of sp³-hybridized carbons (Fsp3) is 0.278. The SMILES string of the molecule is CCNC(=NCc1cc(F)ccc1F)NCCS(=O)(=O)c1ccccc1. The van der Waals surface area contributed by atoms with Gasteiger partial charge in [-0.1, -0.05) is 18.2 Å². The van der Waals surface area contributed by atoms with Gasteiger partial charge in [0.1, 0.15) is 11.6 Å². The van der Waals surface area contributed by atoms with Crippen LogP contribution in [0.25, 0.3) is 0 Å². The van der Waals surface area contributed by atoms with Gasteiger partial charge >= 0.3 is 0 Å². The Morgan fingerprint density at radius 2 is 1.81 bits per heavy atom. The molecule has 0 aromatic heterocycles. The Kier molecular flexibility index (Phi) is 7.08. The summed E-state index contributed by atoms with van der Waals surface area (Å²) in [6.45, 7) is 2.46. The molecule has 0 saturated heterocycles. The summed E-state index contributed by atoms with van der Waals surface area (Å²) in [4.78, 5) is 4.43. The third-order valence-electron chi connectivity index (χ3n) is 3.53. The number of halogens is 2. The van der Waals surface area contributed by atoms with Gasteiger partial charge in [-0.3, -0.25) is 0 Å². The first-order valence-electron chi connectivity index (χ1n) is 8.16. The minimum atomic E-state index is -3.41. The molecular formula is C18H21F2N3O2S. The Labute approximate surface area is 152 Å². The predicted molar refractivity (Wildman–Crippen MR) is 97.7 cm³/mol. The molecule has 0 aliphatic rings. The lowest BCUT2D eigenvalue weighted by molar-refractivity contribution is 0.585. The summed E-state index contributed by atoms with van der Waals surface area (Å²) < 4.78 is 51.3. The second-order valence-corrected chi connectivity index (χ2v) is 7.60. The van der Waals surface area contributed by atoms with E-state index in [2.05, 4.69) is 15.6 Å². The maximum Gasteiger partial charge on any atom is 0.191 e. The van der Waals surface area contributed by atoms with Gasteiger partial charge in [0.25, 0.3) is 0 Å². The lowest BCUT2D eigenvalue weighted by atomic mass is 10.2. The van der Waals surface area contributed by atoms with Crippen molar-refractivity contribution in [1.82, 2.24) is 10.6 Å². The van der Waals surface area contributed by atoms with Crippen molar-refractivity contribution >= 4 is 15.8 Å². The van der Waals surface area contributed by atoms with E-state index in [1.807, 2.05) is 6.92 Å². The van der Waals surface area contributed by atoms with Crippen LogP contribution in [0.15, 0.2) is 58.4 Å². The summed E-state index contributed by atoms with van der Waals surface area (Å²) >= 11 is 0. The van der Waals surface area contributed by atoms with Crippen LogP contribution in [-0.4, -0.2) is 33.2 Å². The Morgan fingerprint density at radius 1 is 1.08 bits per heavy atom. The van der Waals surface area contributed by atoms with Gasteiger partial charge in [-0.05, 0) is 37.3 Å². The molecular weight excluding hydrogens is 360 g/mol. The largest absolute Gasteiger partial charge is 0.357 e. The van der Waals surface area contributed by atoms with Crippen molar-refractivity contribution in [1.29, 1.82) is 0 Å². The van der Waals surface area contributed by atoms with E-state index >= 15 is 0 Å². The topological polar surface area (TPSA) is 70.6 Å². The Bertz CT molecular complexity index is 856. The summed E-state index contributed by atoms with van der Waals surface area (Å²) in [5.74, 6) is -0.865. The number of benzene rings is 2. The van der Waals surface area contributed by atoms with E-state index in [9.17, 15) is 17.2 Å². The van der Waals surface area contributed by atoms with E-state index in [-0.39, 0.29) is 29.3 Å². The molecule has 0 aliphatic carbocycles. The first-order chi connectivity index (χ1) is 12.4. The van der Waals surface area contributed by atoms with Crippen LogP contribution in [0.3, 0.4) is 0 Å². The highest BCUT2D eigenvalue weighted by Gasteiger charge is 2.13. The van der Waals surface area contributed by atoms with Crippen LogP contribution in [0.2, 0.25) is 0 Å². The monoisotopic (exact) mass is 381 g/mol. The number of rotatable bonds is 7. The van der Waals surface area contributed by atoms with Crippen LogP contribution in [0.5, 0.6) is 0 Å². The molecule has 2 aromatic carbocycles. The zero-order valence-electron chi connectivity index (χ0n) is 14.4. The van der Waals surface area contributed by atoms with Crippen LogP contribution < -0.4 is 10.6 Å². The van der Waals surface area contributed by atoms with E-state index in [0.29, 0.717) is 12.5 Å². The van der Waals surface area contributed by atoms with Crippen molar-refractivity contribution < 1.29 is 17.2 Å². The summed E-state index contributed by atoms with van der Waals surface area (Å²) in [5.41, 5.74) is 0.124. The lowest BCUT2D eigenvalue weighted by Gasteiger charge is -2.12. The molecule has 0 bridgehead atoms. The van der Waals surface area contributed by atoms with E-state index in [0.717, 1.165) is 18.2 Å². The van der Waals surface area contributed by atoms with Crippen molar-refractivity contribution in [2.24, 2.45) is 4.99 Å². The minimum absolute atomic E-state index is 0.0651. The predicted octanol–water partition coefficient (Wildman–Crippen LogP) is 2.49. The number of hydrogen-bond donors (Lipinski definition) is 2. The average molecular weight is 381 g/mol. The number of aliphatic imine (C=N–C) groups is 1. The maximum absolute atomic E-state index is 13.6. The van der Waals surface area contributed by atoms with Gasteiger partial charge in [0.05, 0.1) is 17.2 Å². The normalized spacial score (nSPS) is 12.0. The number of hydrogen-bond acceptors (Lipinski definition) is 3.